The van der Waals surface area contributed by atoms with E-state index in [1.54, 1.807) is 0 Å². The zero-order chi connectivity index (χ0) is 14.0. The van der Waals surface area contributed by atoms with Crippen LogP contribution in [0.4, 0.5) is 0 Å². The molecule has 0 spiro atoms. The van der Waals surface area contributed by atoms with Crippen LogP contribution >= 0.6 is 11.8 Å². The van der Waals surface area contributed by atoms with Gasteiger partial charge in [-0.2, -0.15) is 0 Å². The Morgan fingerprint density at radius 3 is 2.26 bits per heavy atom. The third kappa shape index (κ3) is 2.70. The van der Waals surface area contributed by atoms with E-state index in [9.17, 15) is 19.2 Å². The lowest BCUT2D eigenvalue weighted by Crippen LogP contribution is -2.41. The predicted octanol–water partition coefficient (Wildman–Crippen LogP) is -0.208. The Bertz CT molecular complexity index is 456. The minimum Gasteiger partial charge on any atom is -0.280 e. The van der Waals surface area contributed by atoms with Crippen LogP contribution in [0.1, 0.15) is 13.3 Å². The Kier molecular flexibility index (Phi) is 4.04. The van der Waals surface area contributed by atoms with Crippen molar-refractivity contribution in [2.45, 2.75) is 18.6 Å². The molecule has 2 heterocycles. The molecule has 6 nitrogen and oxygen atoms in total. The van der Waals surface area contributed by atoms with Crippen LogP contribution in [-0.4, -0.2) is 57.5 Å². The van der Waals surface area contributed by atoms with Crippen LogP contribution in [0.25, 0.3) is 0 Å². The fraction of sp³-hybridized carbons (Fsp3) is 0.500. The number of nitrogens with zero attached hydrogens (tertiary/aromatic N) is 2. The van der Waals surface area contributed by atoms with Gasteiger partial charge in [0.25, 0.3) is 11.8 Å². The van der Waals surface area contributed by atoms with Gasteiger partial charge in [-0.3, -0.25) is 29.0 Å². The summed E-state index contributed by atoms with van der Waals surface area (Å²) in [5.74, 6) is -0.482. The van der Waals surface area contributed by atoms with Crippen LogP contribution in [0.3, 0.4) is 0 Å². The number of likely N-dealkylation sites (tertiary alicyclic amines) is 1. The molecule has 0 aromatic carbocycles. The van der Waals surface area contributed by atoms with Gasteiger partial charge in [0.1, 0.15) is 0 Å². The van der Waals surface area contributed by atoms with E-state index in [-0.39, 0.29) is 36.6 Å². The number of rotatable bonds is 5. The summed E-state index contributed by atoms with van der Waals surface area (Å²) in [6, 6.07) is 0. The molecular formula is C12H14N2O4S. The molecule has 0 N–H and O–H groups in total. The van der Waals surface area contributed by atoms with Crippen molar-refractivity contribution < 1.29 is 19.2 Å². The third-order valence-electron chi connectivity index (χ3n) is 3.02. The van der Waals surface area contributed by atoms with Crippen molar-refractivity contribution in [3.63, 3.8) is 0 Å². The zero-order valence-corrected chi connectivity index (χ0v) is 11.3. The molecule has 2 aliphatic rings. The first-order valence-electron chi connectivity index (χ1n) is 6.04. The zero-order valence-electron chi connectivity index (χ0n) is 10.5. The van der Waals surface area contributed by atoms with Crippen LogP contribution in [0.5, 0.6) is 0 Å². The lowest BCUT2D eigenvalue weighted by atomic mass is 10.4. The lowest BCUT2D eigenvalue weighted by molar-refractivity contribution is -0.142. The maximum atomic E-state index is 12.0. The molecule has 2 aliphatic heterocycles. The second kappa shape index (κ2) is 5.56. The number of amides is 4. The highest BCUT2D eigenvalue weighted by molar-refractivity contribution is 8.00. The van der Waals surface area contributed by atoms with Crippen molar-refractivity contribution in [1.29, 1.82) is 0 Å². The molecule has 0 aliphatic carbocycles. The molecule has 7 heteroatoms. The minimum absolute atomic E-state index is 0.0612. The SMILES string of the molecule is CCSC1CC(=O)N(CCN2C(=O)C=CC2=O)C1=O. The normalized spacial score (nSPS) is 23.1. The minimum atomic E-state index is -0.399. The van der Waals surface area contributed by atoms with Gasteiger partial charge in [0.15, 0.2) is 0 Å². The Morgan fingerprint density at radius 2 is 1.68 bits per heavy atom. The van der Waals surface area contributed by atoms with Gasteiger partial charge in [0.05, 0.1) is 5.25 Å². The van der Waals surface area contributed by atoms with E-state index in [0.29, 0.717) is 0 Å². The molecule has 2 rings (SSSR count). The molecule has 0 aromatic heterocycles. The highest BCUT2D eigenvalue weighted by Gasteiger charge is 2.38. The molecule has 0 bridgehead atoms. The average molecular weight is 282 g/mol. The molecule has 1 unspecified atom stereocenters. The van der Waals surface area contributed by atoms with Gasteiger partial charge >= 0.3 is 0 Å². The second-order valence-corrected chi connectivity index (χ2v) is 5.67. The highest BCUT2D eigenvalue weighted by Crippen LogP contribution is 2.24. The molecule has 0 saturated carbocycles. The van der Waals surface area contributed by atoms with Crippen LogP contribution in [0.2, 0.25) is 0 Å². The molecule has 0 radical (unpaired) electrons. The molecule has 1 saturated heterocycles. The first kappa shape index (κ1) is 13.8. The van der Waals surface area contributed by atoms with E-state index in [0.717, 1.165) is 15.6 Å². The molecule has 4 amide bonds. The maximum absolute atomic E-state index is 12.0. The van der Waals surface area contributed by atoms with Gasteiger partial charge in [-0.15, -0.1) is 11.8 Å². The smallest absolute Gasteiger partial charge is 0.253 e. The fourth-order valence-corrected chi connectivity index (χ4v) is 3.00. The summed E-state index contributed by atoms with van der Waals surface area (Å²) in [5.41, 5.74) is 0. The number of hydrogen-bond donors (Lipinski definition) is 0. The topological polar surface area (TPSA) is 74.8 Å². The molecule has 102 valence electrons. The lowest BCUT2D eigenvalue weighted by Gasteiger charge is -2.19. The largest absolute Gasteiger partial charge is 0.280 e. The molecular weight excluding hydrogens is 268 g/mol. The van der Waals surface area contributed by atoms with Crippen molar-refractivity contribution >= 4 is 35.4 Å². The van der Waals surface area contributed by atoms with Crippen LogP contribution < -0.4 is 0 Å². The van der Waals surface area contributed by atoms with Crippen molar-refractivity contribution in [2.24, 2.45) is 0 Å². The average Bonchev–Trinajstić information content (AvgIpc) is 2.81. The standard InChI is InChI=1S/C12H14N2O4S/c1-2-19-8-7-11(17)14(12(8)18)6-5-13-9(15)3-4-10(13)16/h3-4,8H,2,5-7H2,1H3. The Morgan fingerprint density at radius 1 is 1.11 bits per heavy atom. The summed E-state index contributed by atoms with van der Waals surface area (Å²) < 4.78 is 0. The second-order valence-electron chi connectivity index (χ2n) is 4.19. The predicted molar refractivity (Wildman–Crippen MR) is 69.1 cm³/mol. The van der Waals surface area contributed by atoms with Gasteiger partial charge in [-0.1, -0.05) is 6.92 Å². The Hall–Kier alpha value is -1.63. The van der Waals surface area contributed by atoms with Gasteiger partial charge in [0, 0.05) is 31.7 Å². The summed E-state index contributed by atoms with van der Waals surface area (Å²) in [6.07, 6.45) is 2.58. The van der Waals surface area contributed by atoms with Crippen LogP contribution in [0, 0.1) is 0 Å². The van der Waals surface area contributed by atoms with E-state index in [1.807, 2.05) is 6.92 Å². The van der Waals surface area contributed by atoms with Crippen molar-refractivity contribution in [3.05, 3.63) is 12.2 Å². The number of carbonyl (C=O) groups is 4. The molecule has 19 heavy (non-hydrogen) atoms. The van der Waals surface area contributed by atoms with E-state index < -0.39 is 11.8 Å². The monoisotopic (exact) mass is 282 g/mol. The van der Waals surface area contributed by atoms with Crippen molar-refractivity contribution in [1.82, 2.24) is 9.80 Å². The van der Waals surface area contributed by atoms with Gasteiger partial charge in [-0.05, 0) is 5.75 Å². The number of imide groups is 2. The molecule has 1 fully saturated rings. The first-order valence-corrected chi connectivity index (χ1v) is 7.08. The van der Waals surface area contributed by atoms with Crippen LogP contribution in [0.15, 0.2) is 12.2 Å². The summed E-state index contributed by atoms with van der Waals surface area (Å²) in [4.78, 5) is 48.5. The summed E-state index contributed by atoms with van der Waals surface area (Å²) in [6.45, 7) is 2.07. The third-order valence-corrected chi connectivity index (χ3v) is 4.12. The Balaban J connectivity index is 1.93. The van der Waals surface area contributed by atoms with Crippen molar-refractivity contribution in [3.8, 4) is 0 Å². The summed E-state index contributed by atoms with van der Waals surface area (Å²) >= 11 is 1.44. The summed E-state index contributed by atoms with van der Waals surface area (Å²) in [5, 5.41) is -0.319. The Labute approximate surface area is 114 Å². The molecule has 1 atom stereocenters. The first-order chi connectivity index (χ1) is 9.04. The maximum Gasteiger partial charge on any atom is 0.253 e. The fourth-order valence-electron chi connectivity index (χ4n) is 2.07. The number of carbonyl (C=O) groups excluding carboxylic acids is 4. The van der Waals surface area contributed by atoms with Crippen LogP contribution in [-0.2, 0) is 19.2 Å². The summed E-state index contributed by atoms with van der Waals surface area (Å²) in [7, 11) is 0. The van der Waals surface area contributed by atoms with Gasteiger partial charge in [0.2, 0.25) is 11.8 Å². The molecule has 0 aromatic rings. The van der Waals surface area contributed by atoms with Gasteiger partial charge in [-0.25, -0.2) is 0 Å². The number of thioether (sulfide) groups is 1. The van der Waals surface area contributed by atoms with E-state index >= 15 is 0 Å². The van der Waals surface area contributed by atoms with Gasteiger partial charge < -0.3 is 0 Å². The highest BCUT2D eigenvalue weighted by atomic mass is 32.2. The van der Waals surface area contributed by atoms with E-state index in [4.69, 9.17) is 0 Å². The van der Waals surface area contributed by atoms with E-state index in [2.05, 4.69) is 0 Å². The van der Waals surface area contributed by atoms with Crippen molar-refractivity contribution in [2.75, 3.05) is 18.8 Å². The number of hydrogen-bond acceptors (Lipinski definition) is 5. The van der Waals surface area contributed by atoms with E-state index in [1.165, 1.54) is 23.9 Å². The quantitative estimate of drug-likeness (QED) is 0.652.